The second-order valence-electron chi connectivity index (χ2n) is 3.00. The zero-order valence-electron chi connectivity index (χ0n) is 8.73. The van der Waals surface area contributed by atoms with Crippen molar-refractivity contribution < 1.29 is 14.9 Å². The maximum atomic E-state index is 9.42. The normalized spacial score (nSPS) is 16.7. The Morgan fingerprint density at radius 2 is 2.14 bits per heavy atom. The molecule has 0 aromatic heterocycles. The highest BCUT2D eigenvalue weighted by atomic mass is 32.1. The minimum absolute atomic E-state index is 0.00273. The van der Waals surface area contributed by atoms with Gasteiger partial charge >= 0.3 is 0 Å². The van der Waals surface area contributed by atoms with E-state index >= 15 is 0 Å². The van der Waals surface area contributed by atoms with Crippen molar-refractivity contribution in [3.63, 3.8) is 0 Å². The lowest BCUT2D eigenvalue weighted by Gasteiger charge is -2.11. The molecule has 0 aliphatic rings. The molecule has 0 aliphatic carbocycles. The summed E-state index contributed by atoms with van der Waals surface area (Å²) in [6.45, 7) is 4.28. The van der Waals surface area contributed by atoms with Gasteiger partial charge in [-0.2, -0.15) is 12.6 Å². The first kappa shape index (κ1) is 14.2. The van der Waals surface area contributed by atoms with Crippen LogP contribution in [0.2, 0.25) is 0 Å². The molecule has 0 heterocycles. The van der Waals surface area contributed by atoms with E-state index in [4.69, 9.17) is 4.74 Å². The molecule has 2 N–H and O–H groups in total. The molecule has 14 heavy (non-hydrogen) atoms. The summed E-state index contributed by atoms with van der Waals surface area (Å²) in [6, 6.07) is 0. The third-order valence-electron chi connectivity index (χ3n) is 1.70. The number of aliphatic hydroxyl groups excluding tert-OH is 2. The van der Waals surface area contributed by atoms with E-state index in [1.807, 2.05) is 0 Å². The first-order chi connectivity index (χ1) is 6.61. The Morgan fingerprint density at radius 3 is 2.64 bits per heavy atom. The van der Waals surface area contributed by atoms with E-state index in [1.54, 1.807) is 6.92 Å². The van der Waals surface area contributed by atoms with E-state index in [-0.39, 0.29) is 19.4 Å². The molecule has 0 bridgehead atoms. The molecule has 1 radical (unpaired) electrons. The molecular weight excluding hydrogens is 216 g/mol. The van der Waals surface area contributed by atoms with Crippen LogP contribution in [-0.2, 0) is 4.74 Å². The van der Waals surface area contributed by atoms with Gasteiger partial charge in [-0.25, -0.2) is 0 Å². The minimum atomic E-state index is -1.14. The van der Waals surface area contributed by atoms with Crippen LogP contribution in [0.3, 0.4) is 0 Å². The second-order valence-corrected chi connectivity index (χ2v) is 5.60. The van der Waals surface area contributed by atoms with E-state index in [9.17, 15) is 10.2 Å². The number of aliphatic hydroxyl groups is 2. The first-order valence-corrected chi connectivity index (χ1v) is 6.51. The summed E-state index contributed by atoms with van der Waals surface area (Å²) in [5, 5.41) is 18.7. The van der Waals surface area contributed by atoms with Gasteiger partial charge in [0, 0.05) is 11.5 Å². The molecule has 0 fully saturated rings. The second kappa shape index (κ2) is 8.46. The maximum absolute atomic E-state index is 9.42. The van der Waals surface area contributed by atoms with Crippen LogP contribution in [0, 0.1) is 0 Å². The lowest BCUT2D eigenvalue weighted by Crippen LogP contribution is -2.28. The molecule has 2 atom stereocenters. The van der Waals surface area contributed by atoms with Crippen molar-refractivity contribution in [2.45, 2.75) is 44.3 Å². The van der Waals surface area contributed by atoms with E-state index < -0.39 is 6.29 Å². The fourth-order valence-corrected chi connectivity index (χ4v) is 2.44. The number of thiol groups is 1. The Bertz CT molecular complexity index is 175. The smallest absolute Gasteiger partial charge is 0.208 e. The standard InChI is InChI=1S/C9H19O3SSi/c1-3-5-6-7(13)14-9(11)8(10)12-4-2/h7-8,10-11,13H,3-6H2,1-2H3. The number of hydrogen-bond donors (Lipinski definition) is 3. The van der Waals surface area contributed by atoms with Crippen molar-refractivity contribution in [3.8, 4) is 0 Å². The van der Waals surface area contributed by atoms with Crippen LogP contribution in [0.4, 0.5) is 0 Å². The van der Waals surface area contributed by atoms with Gasteiger partial charge in [-0.15, -0.1) is 0 Å². The lowest BCUT2D eigenvalue weighted by molar-refractivity contribution is -0.0520. The Hall–Kier alpha value is 0.157. The van der Waals surface area contributed by atoms with Gasteiger partial charge < -0.3 is 14.9 Å². The predicted octanol–water partition coefficient (Wildman–Crippen LogP) is 0.994. The van der Waals surface area contributed by atoms with Crippen molar-refractivity contribution >= 4 is 27.1 Å². The fourth-order valence-electron chi connectivity index (χ4n) is 0.948. The molecule has 0 aromatic rings. The molecule has 5 heteroatoms. The third-order valence-corrected chi connectivity index (χ3v) is 3.51. The molecule has 0 aliphatic heterocycles. The van der Waals surface area contributed by atoms with Gasteiger partial charge in [0.05, 0.1) is 9.13 Å². The average molecular weight is 235 g/mol. The van der Waals surface area contributed by atoms with Gasteiger partial charge in [0.15, 0.2) is 0 Å². The van der Waals surface area contributed by atoms with E-state index in [0.717, 1.165) is 19.3 Å². The average Bonchev–Trinajstić information content (AvgIpc) is 2.15. The SMILES string of the molecule is CCCCC(S)[Si]=C(O)C(O)OCC. The van der Waals surface area contributed by atoms with Gasteiger partial charge in [0.1, 0.15) is 5.35 Å². The molecule has 83 valence electrons. The summed E-state index contributed by atoms with van der Waals surface area (Å²) in [6.07, 6.45) is 2.03. The van der Waals surface area contributed by atoms with Crippen LogP contribution in [0.25, 0.3) is 0 Å². The van der Waals surface area contributed by atoms with Gasteiger partial charge in [0.25, 0.3) is 0 Å². The van der Waals surface area contributed by atoms with E-state index in [1.165, 1.54) is 0 Å². The molecule has 3 nitrogen and oxygen atoms in total. The van der Waals surface area contributed by atoms with E-state index in [0.29, 0.717) is 6.61 Å². The number of ether oxygens (including phenoxy) is 1. The van der Waals surface area contributed by atoms with Gasteiger partial charge in [-0.3, -0.25) is 0 Å². The van der Waals surface area contributed by atoms with Crippen LogP contribution in [0.1, 0.15) is 33.1 Å². The molecule has 0 amide bonds. The van der Waals surface area contributed by atoms with E-state index in [2.05, 4.69) is 19.6 Å². The Balaban J connectivity index is 3.93. The quantitative estimate of drug-likeness (QED) is 0.350. The van der Waals surface area contributed by atoms with Gasteiger partial charge in [-0.1, -0.05) is 19.8 Å². The van der Waals surface area contributed by atoms with Crippen LogP contribution in [-0.4, -0.2) is 42.5 Å². The third kappa shape index (κ3) is 6.59. The summed E-state index contributed by atoms with van der Waals surface area (Å²) in [5.74, 6) is 0. The van der Waals surface area contributed by atoms with Crippen molar-refractivity contribution in [3.05, 3.63) is 0 Å². The molecule has 2 unspecified atom stereocenters. The van der Waals surface area contributed by atoms with Crippen molar-refractivity contribution in [1.82, 2.24) is 0 Å². The number of rotatable bonds is 7. The Labute approximate surface area is 93.3 Å². The van der Waals surface area contributed by atoms with Crippen LogP contribution >= 0.6 is 12.6 Å². The summed E-state index contributed by atoms with van der Waals surface area (Å²) >= 11 is 4.33. The van der Waals surface area contributed by atoms with Crippen molar-refractivity contribution in [2.24, 2.45) is 0 Å². The lowest BCUT2D eigenvalue weighted by atomic mass is 10.3. The minimum Gasteiger partial charge on any atom is -0.513 e. The summed E-state index contributed by atoms with van der Waals surface area (Å²) in [7, 11) is 0.141. The summed E-state index contributed by atoms with van der Waals surface area (Å²) < 4.78 is 4.85. The number of hydrogen-bond acceptors (Lipinski definition) is 4. The summed E-state index contributed by atoms with van der Waals surface area (Å²) in [5.41, 5.74) is 0. The first-order valence-electron chi connectivity index (χ1n) is 4.91. The zero-order valence-corrected chi connectivity index (χ0v) is 10.6. The van der Waals surface area contributed by atoms with Gasteiger partial charge in [0.2, 0.25) is 6.29 Å². The van der Waals surface area contributed by atoms with Crippen molar-refractivity contribution in [1.29, 1.82) is 0 Å². The molecule has 0 rings (SSSR count). The number of unbranched alkanes of at least 4 members (excludes halogenated alkanes) is 1. The van der Waals surface area contributed by atoms with Crippen molar-refractivity contribution in [2.75, 3.05) is 6.61 Å². The highest BCUT2D eigenvalue weighted by Gasteiger charge is 2.10. The molecular formula is C9H19O3SSi. The highest BCUT2D eigenvalue weighted by molar-refractivity contribution is 7.82. The molecule has 0 saturated heterocycles. The Morgan fingerprint density at radius 1 is 1.50 bits per heavy atom. The topological polar surface area (TPSA) is 49.7 Å². The molecule has 0 aromatic carbocycles. The van der Waals surface area contributed by atoms with Crippen LogP contribution in [0.15, 0.2) is 0 Å². The highest BCUT2D eigenvalue weighted by Crippen LogP contribution is 2.04. The monoisotopic (exact) mass is 235 g/mol. The predicted molar refractivity (Wildman–Crippen MR) is 62.6 cm³/mol. The largest absolute Gasteiger partial charge is 0.513 e. The fraction of sp³-hybridized carbons (Fsp3) is 0.889. The van der Waals surface area contributed by atoms with Crippen LogP contribution in [0.5, 0.6) is 0 Å². The van der Waals surface area contributed by atoms with Crippen LogP contribution < -0.4 is 0 Å². The Kier molecular flexibility index (Phi) is 8.56. The molecule has 0 saturated carbocycles. The summed E-state index contributed by atoms with van der Waals surface area (Å²) in [4.78, 5) is 0.130. The maximum Gasteiger partial charge on any atom is 0.208 e. The zero-order chi connectivity index (χ0) is 11.0. The molecule has 0 spiro atoms. The van der Waals surface area contributed by atoms with Gasteiger partial charge in [-0.05, 0) is 13.3 Å².